The molecule has 2 heterocycles. The van der Waals surface area contributed by atoms with E-state index in [0.717, 1.165) is 63.7 Å². The molecule has 3 rings (SSSR count). The zero-order chi connectivity index (χ0) is 17.5. The van der Waals surface area contributed by atoms with Crippen LogP contribution < -0.4 is 0 Å². The third-order valence-electron chi connectivity index (χ3n) is 5.66. The SMILES string of the molecule is OC1C=CC(O)(CCCN2CCC(CCOC3=NOCC3)CC2)CC1. The molecule has 2 unspecified atom stereocenters. The minimum Gasteiger partial charge on any atom is -0.479 e. The molecule has 0 aromatic rings. The van der Waals surface area contributed by atoms with E-state index in [0.29, 0.717) is 19.4 Å². The zero-order valence-corrected chi connectivity index (χ0v) is 15.1. The van der Waals surface area contributed by atoms with Crippen molar-refractivity contribution in [1.29, 1.82) is 0 Å². The van der Waals surface area contributed by atoms with E-state index in [1.807, 2.05) is 0 Å². The molecule has 0 radical (unpaired) electrons. The van der Waals surface area contributed by atoms with Crippen molar-refractivity contribution in [3.05, 3.63) is 12.2 Å². The quantitative estimate of drug-likeness (QED) is 0.686. The lowest BCUT2D eigenvalue weighted by molar-refractivity contribution is 0.0399. The Morgan fingerprint density at radius 2 is 2.16 bits per heavy atom. The minimum absolute atomic E-state index is 0.378. The predicted octanol–water partition coefficient (Wildman–Crippen LogP) is 2.06. The van der Waals surface area contributed by atoms with Gasteiger partial charge < -0.3 is 24.7 Å². The van der Waals surface area contributed by atoms with Gasteiger partial charge in [0.05, 0.1) is 24.7 Å². The van der Waals surface area contributed by atoms with Gasteiger partial charge in [-0.1, -0.05) is 17.3 Å². The number of rotatable bonds is 7. The maximum absolute atomic E-state index is 10.5. The summed E-state index contributed by atoms with van der Waals surface area (Å²) in [5.41, 5.74) is -0.707. The molecule has 6 heteroatoms. The lowest BCUT2D eigenvalue weighted by Gasteiger charge is -2.33. The predicted molar refractivity (Wildman–Crippen MR) is 96.3 cm³/mol. The maximum Gasteiger partial charge on any atom is 0.229 e. The first-order chi connectivity index (χ1) is 12.1. The van der Waals surface area contributed by atoms with Crippen molar-refractivity contribution in [2.75, 3.05) is 32.8 Å². The van der Waals surface area contributed by atoms with Crippen molar-refractivity contribution in [2.45, 2.75) is 63.1 Å². The average Bonchev–Trinajstić information content (AvgIpc) is 3.13. The van der Waals surface area contributed by atoms with Crippen LogP contribution in [0.1, 0.15) is 51.4 Å². The molecule has 0 saturated carbocycles. The standard InChI is InChI=1S/C19H32N2O4/c22-17-2-9-19(23,10-3-17)8-1-11-21-12-4-16(5-13-21)6-14-24-18-7-15-25-20-18/h2,9,16-17,22-23H,1,3-8,10-15H2. The van der Waals surface area contributed by atoms with E-state index in [4.69, 9.17) is 9.57 Å². The van der Waals surface area contributed by atoms with Gasteiger partial charge in [-0.15, -0.1) is 0 Å². The molecule has 0 spiro atoms. The Hall–Kier alpha value is -1.11. The summed E-state index contributed by atoms with van der Waals surface area (Å²) < 4.78 is 5.64. The number of hydrogen-bond donors (Lipinski definition) is 2. The summed E-state index contributed by atoms with van der Waals surface area (Å²) in [6, 6.07) is 0. The summed E-state index contributed by atoms with van der Waals surface area (Å²) in [7, 11) is 0. The van der Waals surface area contributed by atoms with Gasteiger partial charge in [0, 0.05) is 0 Å². The monoisotopic (exact) mass is 352 g/mol. The van der Waals surface area contributed by atoms with Crippen LogP contribution in [-0.2, 0) is 9.57 Å². The number of nitrogens with zero attached hydrogens (tertiary/aromatic N) is 2. The van der Waals surface area contributed by atoms with Crippen LogP contribution in [-0.4, -0.2) is 65.6 Å². The molecule has 0 bridgehead atoms. The van der Waals surface area contributed by atoms with E-state index in [1.165, 1.54) is 12.8 Å². The highest BCUT2D eigenvalue weighted by molar-refractivity contribution is 5.76. The van der Waals surface area contributed by atoms with Gasteiger partial charge in [-0.25, -0.2) is 0 Å². The Bertz CT molecular complexity index is 474. The molecule has 0 amide bonds. The zero-order valence-electron chi connectivity index (χ0n) is 15.1. The molecule has 2 atom stereocenters. The molecule has 1 saturated heterocycles. The number of ether oxygens (including phenoxy) is 1. The van der Waals surface area contributed by atoms with Gasteiger partial charge in [0.1, 0.15) is 6.61 Å². The fraction of sp³-hybridized carbons (Fsp3) is 0.842. The molecule has 142 valence electrons. The molecular formula is C19H32N2O4. The third kappa shape index (κ3) is 5.97. The molecule has 0 aromatic carbocycles. The lowest BCUT2D eigenvalue weighted by atomic mass is 9.86. The first-order valence-corrected chi connectivity index (χ1v) is 9.77. The van der Waals surface area contributed by atoms with E-state index in [2.05, 4.69) is 10.1 Å². The Kier molecular flexibility index (Phi) is 6.73. The molecule has 1 aliphatic carbocycles. The molecule has 0 aromatic heterocycles. The Morgan fingerprint density at radius 3 is 2.84 bits per heavy atom. The molecule has 25 heavy (non-hydrogen) atoms. The fourth-order valence-corrected chi connectivity index (χ4v) is 3.92. The second kappa shape index (κ2) is 9.01. The highest BCUT2D eigenvalue weighted by Gasteiger charge is 2.28. The fourth-order valence-electron chi connectivity index (χ4n) is 3.92. The van der Waals surface area contributed by atoms with Crippen LogP contribution in [0.2, 0.25) is 0 Å². The number of likely N-dealkylation sites (tertiary alicyclic amines) is 1. The lowest BCUT2D eigenvalue weighted by Crippen LogP contribution is -2.36. The molecule has 3 aliphatic rings. The smallest absolute Gasteiger partial charge is 0.229 e. The average molecular weight is 352 g/mol. The molecular weight excluding hydrogens is 320 g/mol. The van der Waals surface area contributed by atoms with Crippen molar-refractivity contribution in [3.8, 4) is 0 Å². The van der Waals surface area contributed by atoms with Gasteiger partial charge in [-0.05, 0) is 70.5 Å². The summed E-state index contributed by atoms with van der Waals surface area (Å²) in [4.78, 5) is 7.44. The van der Waals surface area contributed by atoms with E-state index >= 15 is 0 Å². The molecule has 2 aliphatic heterocycles. The molecule has 2 N–H and O–H groups in total. The summed E-state index contributed by atoms with van der Waals surface area (Å²) in [6.45, 7) is 4.73. The van der Waals surface area contributed by atoms with E-state index in [9.17, 15) is 10.2 Å². The van der Waals surface area contributed by atoms with Crippen molar-refractivity contribution >= 4 is 5.90 Å². The van der Waals surface area contributed by atoms with E-state index in [-0.39, 0.29) is 6.10 Å². The number of hydrogen-bond acceptors (Lipinski definition) is 6. The van der Waals surface area contributed by atoms with Crippen molar-refractivity contribution in [1.82, 2.24) is 4.90 Å². The van der Waals surface area contributed by atoms with E-state index < -0.39 is 5.60 Å². The van der Waals surface area contributed by atoms with Gasteiger partial charge in [0.2, 0.25) is 5.90 Å². The second-order valence-electron chi connectivity index (χ2n) is 7.66. The summed E-state index contributed by atoms with van der Waals surface area (Å²) in [5.74, 6) is 1.49. The van der Waals surface area contributed by atoms with Crippen LogP contribution >= 0.6 is 0 Å². The highest BCUT2D eigenvalue weighted by Crippen LogP contribution is 2.27. The van der Waals surface area contributed by atoms with Crippen LogP contribution in [0, 0.1) is 5.92 Å². The van der Waals surface area contributed by atoms with Crippen molar-refractivity contribution in [3.63, 3.8) is 0 Å². The Morgan fingerprint density at radius 1 is 1.32 bits per heavy atom. The van der Waals surface area contributed by atoms with Gasteiger partial charge >= 0.3 is 0 Å². The van der Waals surface area contributed by atoms with Crippen molar-refractivity contribution < 1.29 is 19.8 Å². The van der Waals surface area contributed by atoms with Crippen LogP contribution in [0.3, 0.4) is 0 Å². The van der Waals surface area contributed by atoms with Crippen molar-refractivity contribution in [2.24, 2.45) is 11.1 Å². The number of aliphatic hydroxyl groups is 2. The first kappa shape index (κ1) is 18.7. The Balaban J connectivity index is 1.26. The first-order valence-electron chi connectivity index (χ1n) is 9.77. The van der Waals surface area contributed by atoms with Gasteiger partial charge in [0.25, 0.3) is 0 Å². The summed E-state index contributed by atoms with van der Waals surface area (Å²) in [5, 5.41) is 23.8. The number of oxime groups is 1. The third-order valence-corrected chi connectivity index (χ3v) is 5.66. The van der Waals surface area contributed by atoms with Gasteiger partial charge in [0.15, 0.2) is 0 Å². The normalized spacial score (nSPS) is 31.0. The summed E-state index contributed by atoms with van der Waals surface area (Å²) in [6.07, 6.45) is 10.6. The van der Waals surface area contributed by atoms with Crippen LogP contribution in [0.25, 0.3) is 0 Å². The van der Waals surface area contributed by atoms with Crippen LogP contribution in [0.4, 0.5) is 0 Å². The Labute approximate surface area is 150 Å². The minimum atomic E-state index is -0.707. The topological polar surface area (TPSA) is 74.5 Å². The van der Waals surface area contributed by atoms with Crippen LogP contribution in [0.15, 0.2) is 17.3 Å². The second-order valence-corrected chi connectivity index (χ2v) is 7.66. The molecule has 6 nitrogen and oxygen atoms in total. The largest absolute Gasteiger partial charge is 0.479 e. The number of aliphatic hydroxyl groups excluding tert-OH is 1. The maximum atomic E-state index is 10.5. The summed E-state index contributed by atoms with van der Waals surface area (Å²) >= 11 is 0. The van der Waals surface area contributed by atoms with Crippen LogP contribution in [0.5, 0.6) is 0 Å². The molecule has 1 fully saturated rings. The number of piperidine rings is 1. The van der Waals surface area contributed by atoms with E-state index in [1.54, 1.807) is 12.2 Å². The van der Waals surface area contributed by atoms with Gasteiger partial charge in [-0.2, -0.15) is 0 Å². The van der Waals surface area contributed by atoms with Gasteiger partial charge in [-0.3, -0.25) is 0 Å². The highest BCUT2D eigenvalue weighted by atomic mass is 16.7.